The zero-order valence-electron chi connectivity index (χ0n) is 21.8. The van der Waals surface area contributed by atoms with E-state index < -0.39 is 0 Å². The second-order valence-electron chi connectivity index (χ2n) is 9.29. The van der Waals surface area contributed by atoms with Crippen molar-refractivity contribution < 1.29 is 49.0 Å². The van der Waals surface area contributed by atoms with Gasteiger partial charge < -0.3 is 24.8 Å². The Hall–Kier alpha value is -2.31. The zero-order valence-corrected chi connectivity index (χ0v) is 25.8. The Morgan fingerprint density at radius 1 is 0.737 bits per heavy atom. The molecule has 6 rings (SSSR count). The molecule has 0 nitrogen and oxygen atoms in total. The van der Waals surface area contributed by atoms with Crippen molar-refractivity contribution in [1.29, 1.82) is 0 Å². The number of allylic oxidation sites excluding steroid dienone is 4. The number of fused-ring (bicyclic) bond motifs is 3. The first-order valence-electron chi connectivity index (χ1n) is 12.9. The summed E-state index contributed by atoms with van der Waals surface area (Å²) >= 11 is 1.46. The van der Waals surface area contributed by atoms with Crippen molar-refractivity contribution in [1.82, 2.24) is 0 Å². The molecule has 0 amide bonds. The van der Waals surface area contributed by atoms with Crippen LogP contribution in [0.5, 0.6) is 0 Å². The van der Waals surface area contributed by atoms with Gasteiger partial charge >= 0.3 is 99.2 Å². The monoisotopic (exact) mass is 611 g/mol. The van der Waals surface area contributed by atoms with Gasteiger partial charge in [0.25, 0.3) is 0 Å². The first-order valence-corrected chi connectivity index (χ1v) is 14.2. The quantitative estimate of drug-likeness (QED) is 0.267. The van der Waals surface area contributed by atoms with Crippen molar-refractivity contribution in [3.05, 3.63) is 154 Å². The number of halogens is 2. The van der Waals surface area contributed by atoms with Gasteiger partial charge in [-0.15, -0.1) is 27.8 Å². The van der Waals surface area contributed by atoms with Crippen molar-refractivity contribution in [3.8, 4) is 11.1 Å². The molecule has 190 valence electrons. The molecule has 0 spiro atoms. The summed E-state index contributed by atoms with van der Waals surface area (Å²) < 4.78 is 1.42. The molecule has 0 N–H and O–H groups in total. The molecule has 4 aromatic carbocycles. The van der Waals surface area contributed by atoms with E-state index in [-0.39, 0.29) is 24.8 Å². The SMILES string of the molecule is CCc1c(C2C=CC=C2)[c-]c2c(c1CC)-c1ccccc1C2.[Cl-].[Cl-].[Zr+2]=[C](c1ccccc1)c1ccccc1. The molecular formula is C35H31Cl2Zr-. The van der Waals surface area contributed by atoms with Crippen molar-refractivity contribution in [2.24, 2.45) is 0 Å². The van der Waals surface area contributed by atoms with Crippen LogP contribution in [0.2, 0.25) is 0 Å². The Morgan fingerprint density at radius 2 is 1.26 bits per heavy atom. The van der Waals surface area contributed by atoms with Crippen LogP contribution in [0.1, 0.15) is 58.7 Å². The third-order valence-corrected chi connectivity index (χ3v) is 8.56. The van der Waals surface area contributed by atoms with E-state index in [1.807, 2.05) is 0 Å². The number of hydrogen-bond donors (Lipinski definition) is 0. The Bertz CT molecular complexity index is 1380. The molecule has 0 fully saturated rings. The Labute approximate surface area is 255 Å². The topological polar surface area (TPSA) is 0 Å². The van der Waals surface area contributed by atoms with Gasteiger partial charge in [0.2, 0.25) is 0 Å². The van der Waals surface area contributed by atoms with Gasteiger partial charge in [-0.3, -0.25) is 0 Å². The molecular weight excluding hydrogens is 583 g/mol. The summed E-state index contributed by atoms with van der Waals surface area (Å²) in [4.78, 5) is 0. The molecule has 0 heterocycles. The molecule has 38 heavy (non-hydrogen) atoms. The summed E-state index contributed by atoms with van der Waals surface area (Å²) in [5.74, 6) is 0.411. The van der Waals surface area contributed by atoms with Gasteiger partial charge in [-0.05, 0) is 12.3 Å². The number of hydrogen-bond acceptors (Lipinski definition) is 0. The van der Waals surface area contributed by atoms with Gasteiger partial charge in [0, 0.05) is 0 Å². The number of rotatable bonds is 5. The molecule has 0 aliphatic heterocycles. The molecule has 3 heteroatoms. The minimum absolute atomic E-state index is 0. The molecule has 2 aliphatic carbocycles. The first-order chi connectivity index (χ1) is 17.7. The van der Waals surface area contributed by atoms with Crippen molar-refractivity contribution in [2.45, 2.75) is 39.0 Å². The second-order valence-corrected chi connectivity index (χ2v) is 10.5. The van der Waals surface area contributed by atoms with Crippen LogP contribution in [0.4, 0.5) is 0 Å². The van der Waals surface area contributed by atoms with E-state index in [2.05, 4.69) is 129 Å². The van der Waals surface area contributed by atoms with Crippen LogP contribution < -0.4 is 24.8 Å². The Morgan fingerprint density at radius 3 is 1.82 bits per heavy atom. The van der Waals surface area contributed by atoms with E-state index in [0.717, 1.165) is 19.3 Å². The maximum absolute atomic E-state index is 3.81. The van der Waals surface area contributed by atoms with Gasteiger partial charge in [-0.1, -0.05) is 86.4 Å². The average molecular weight is 614 g/mol. The zero-order chi connectivity index (χ0) is 24.9. The van der Waals surface area contributed by atoms with E-state index in [1.165, 1.54) is 71.9 Å². The molecule has 0 saturated heterocycles. The van der Waals surface area contributed by atoms with E-state index in [1.54, 1.807) is 5.56 Å². The van der Waals surface area contributed by atoms with Crippen LogP contribution in [-0.2, 0) is 43.5 Å². The summed E-state index contributed by atoms with van der Waals surface area (Å²) in [7, 11) is 0. The predicted octanol–water partition coefficient (Wildman–Crippen LogP) is 2.20. The summed E-state index contributed by atoms with van der Waals surface area (Å²) in [6.07, 6.45) is 12.1. The van der Waals surface area contributed by atoms with Crippen molar-refractivity contribution >= 4 is 3.21 Å². The minimum atomic E-state index is 0. The van der Waals surface area contributed by atoms with E-state index in [0.29, 0.717) is 5.92 Å². The Kier molecular flexibility index (Phi) is 11.3. The molecule has 0 radical (unpaired) electrons. The van der Waals surface area contributed by atoms with Gasteiger partial charge in [-0.2, -0.15) is 6.07 Å². The summed E-state index contributed by atoms with van der Waals surface area (Å²) in [5.41, 5.74) is 12.9. The van der Waals surface area contributed by atoms with Crippen LogP contribution in [0, 0.1) is 6.07 Å². The Balaban J connectivity index is 0.000000219. The van der Waals surface area contributed by atoms with Crippen LogP contribution in [0.25, 0.3) is 11.1 Å². The van der Waals surface area contributed by atoms with Gasteiger partial charge in [0.05, 0.1) is 0 Å². The predicted molar refractivity (Wildman–Crippen MR) is 149 cm³/mol. The van der Waals surface area contributed by atoms with Crippen molar-refractivity contribution in [3.63, 3.8) is 0 Å². The molecule has 0 atom stereocenters. The molecule has 0 bridgehead atoms. The fraction of sp³-hybridized carbons (Fsp3) is 0.171. The summed E-state index contributed by atoms with van der Waals surface area (Å²) in [6.45, 7) is 4.57. The summed E-state index contributed by atoms with van der Waals surface area (Å²) in [5, 5.41) is 0. The van der Waals surface area contributed by atoms with E-state index >= 15 is 0 Å². The van der Waals surface area contributed by atoms with E-state index in [9.17, 15) is 0 Å². The normalized spacial score (nSPS) is 12.5. The third-order valence-electron chi connectivity index (χ3n) is 7.15. The van der Waals surface area contributed by atoms with Gasteiger partial charge in [-0.25, -0.2) is 0 Å². The fourth-order valence-electron chi connectivity index (χ4n) is 5.44. The first kappa shape index (κ1) is 30.2. The van der Waals surface area contributed by atoms with Crippen LogP contribution in [0.3, 0.4) is 0 Å². The molecule has 0 saturated carbocycles. The van der Waals surface area contributed by atoms with Crippen LogP contribution in [0.15, 0.2) is 109 Å². The molecule has 0 unspecified atom stereocenters. The summed E-state index contributed by atoms with van der Waals surface area (Å²) in [6, 6.07) is 33.8. The maximum atomic E-state index is 3.81. The molecule has 2 aliphatic rings. The van der Waals surface area contributed by atoms with Gasteiger partial charge in [0.1, 0.15) is 0 Å². The standard InChI is InChI=1S/C22H21.C13H10.2ClH.Zr/c1-3-18-19(4-2)22-17(13-16-11-7-8-12-20(16)22)14-21(18)15-9-5-6-10-15;1-3-7-12(8-4-1)11-13-9-5-2-6-10-13;;;/h5-12,15H,3-4,13H2,1-2H3;1-10H;2*1H;/q-1;;;;+2/p-2. The van der Waals surface area contributed by atoms with Crippen LogP contribution >= 0.6 is 0 Å². The van der Waals surface area contributed by atoms with E-state index in [4.69, 9.17) is 0 Å². The van der Waals surface area contributed by atoms with Crippen LogP contribution in [-0.4, -0.2) is 3.21 Å². The fourth-order valence-corrected chi connectivity index (χ4v) is 6.26. The van der Waals surface area contributed by atoms with Crippen molar-refractivity contribution in [2.75, 3.05) is 0 Å². The molecule has 4 aromatic rings. The second kappa shape index (κ2) is 14.2. The van der Waals surface area contributed by atoms with Gasteiger partial charge in [0.15, 0.2) is 0 Å². The number of benzene rings is 4. The average Bonchev–Trinajstić information content (AvgIpc) is 3.61. The molecule has 0 aromatic heterocycles. The third kappa shape index (κ3) is 6.29.